The van der Waals surface area contributed by atoms with Crippen molar-refractivity contribution in [2.75, 3.05) is 23.7 Å². The Morgan fingerprint density at radius 1 is 1.32 bits per heavy atom. The molecule has 106 valence electrons. The summed E-state index contributed by atoms with van der Waals surface area (Å²) < 4.78 is 37.8. The normalized spacial score (nSPS) is 19.5. The number of aromatic nitrogens is 2. The summed E-state index contributed by atoms with van der Waals surface area (Å²) in [5.74, 6) is -1.30. The Morgan fingerprint density at radius 2 is 1.89 bits per heavy atom. The average Bonchev–Trinajstić information content (AvgIpc) is 2.26. The van der Waals surface area contributed by atoms with Crippen molar-refractivity contribution in [2.45, 2.75) is 31.5 Å². The van der Waals surface area contributed by atoms with Gasteiger partial charge in [-0.2, -0.15) is 13.2 Å². The molecule has 0 saturated carbocycles. The summed E-state index contributed by atoms with van der Waals surface area (Å²) >= 11 is 0. The zero-order valence-electron chi connectivity index (χ0n) is 10.4. The lowest BCUT2D eigenvalue weighted by atomic mass is 9.94. The molecule has 0 radical (unpaired) electrons. The van der Waals surface area contributed by atoms with Crippen LogP contribution in [-0.2, 0) is 6.18 Å². The number of nitrogens with zero attached hydrogens (tertiary/aromatic N) is 3. The first-order valence-corrected chi connectivity index (χ1v) is 5.86. The number of rotatable bonds is 1. The van der Waals surface area contributed by atoms with Gasteiger partial charge in [-0.05, 0) is 19.8 Å². The van der Waals surface area contributed by atoms with Gasteiger partial charge in [0.1, 0.15) is 11.6 Å². The molecule has 1 aliphatic rings. The lowest BCUT2D eigenvalue weighted by Gasteiger charge is -2.36. The molecular formula is C11H15F3N4O. The molecule has 2 rings (SSSR count). The Balaban J connectivity index is 2.24. The van der Waals surface area contributed by atoms with E-state index < -0.39 is 17.6 Å². The molecule has 1 aromatic rings. The largest absolute Gasteiger partial charge is 0.451 e. The van der Waals surface area contributed by atoms with Crippen LogP contribution in [0.3, 0.4) is 0 Å². The third-order valence-corrected chi connectivity index (χ3v) is 3.15. The molecule has 0 amide bonds. The summed E-state index contributed by atoms with van der Waals surface area (Å²) in [6.07, 6.45) is -3.68. The zero-order chi connectivity index (χ0) is 14.3. The number of halogens is 3. The second kappa shape index (κ2) is 4.52. The number of nitrogens with two attached hydrogens (primary N) is 1. The Morgan fingerprint density at radius 3 is 2.42 bits per heavy atom. The van der Waals surface area contributed by atoms with Gasteiger partial charge in [0.2, 0.25) is 5.82 Å². The summed E-state index contributed by atoms with van der Waals surface area (Å²) in [5, 5.41) is 9.81. The van der Waals surface area contributed by atoms with Crippen molar-refractivity contribution in [3.05, 3.63) is 11.9 Å². The van der Waals surface area contributed by atoms with E-state index in [-0.39, 0.29) is 11.6 Å². The van der Waals surface area contributed by atoms with Crippen LogP contribution in [0.25, 0.3) is 0 Å². The van der Waals surface area contributed by atoms with Gasteiger partial charge in [-0.25, -0.2) is 9.97 Å². The van der Waals surface area contributed by atoms with Crippen LogP contribution in [-0.4, -0.2) is 33.8 Å². The molecule has 0 unspecified atom stereocenters. The van der Waals surface area contributed by atoms with E-state index in [1.54, 1.807) is 11.8 Å². The van der Waals surface area contributed by atoms with Gasteiger partial charge in [0, 0.05) is 19.2 Å². The fraction of sp³-hybridized carbons (Fsp3) is 0.636. The smallest absolute Gasteiger partial charge is 0.390 e. The Kier molecular flexibility index (Phi) is 3.29. The monoisotopic (exact) mass is 276 g/mol. The standard InChI is InChI=1S/C11H15F3N4O/c1-10(19)2-4-18(5-3-10)8-6-7(15)16-9(17-8)11(12,13)14/h6,19H,2-5H2,1H3,(H2,15,16,17). The molecule has 2 heterocycles. The summed E-state index contributed by atoms with van der Waals surface area (Å²) in [5.41, 5.74) is 4.61. The highest BCUT2D eigenvalue weighted by molar-refractivity contribution is 5.47. The predicted molar refractivity (Wildman–Crippen MR) is 63.5 cm³/mol. The fourth-order valence-electron chi connectivity index (χ4n) is 1.96. The highest BCUT2D eigenvalue weighted by Gasteiger charge is 2.36. The topological polar surface area (TPSA) is 75.3 Å². The van der Waals surface area contributed by atoms with Crippen LogP contribution in [0.4, 0.5) is 24.8 Å². The van der Waals surface area contributed by atoms with Gasteiger partial charge >= 0.3 is 6.18 Å². The van der Waals surface area contributed by atoms with Crippen LogP contribution in [0.1, 0.15) is 25.6 Å². The molecule has 0 atom stereocenters. The molecule has 19 heavy (non-hydrogen) atoms. The van der Waals surface area contributed by atoms with Gasteiger partial charge in [0.05, 0.1) is 5.60 Å². The van der Waals surface area contributed by atoms with Crippen LogP contribution < -0.4 is 10.6 Å². The summed E-state index contributed by atoms with van der Waals surface area (Å²) in [7, 11) is 0. The molecule has 5 nitrogen and oxygen atoms in total. The highest BCUT2D eigenvalue weighted by atomic mass is 19.4. The molecule has 1 fully saturated rings. The minimum Gasteiger partial charge on any atom is -0.390 e. The van der Waals surface area contributed by atoms with Crippen LogP contribution in [0.2, 0.25) is 0 Å². The molecule has 0 spiro atoms. The minimum atomic E-state index is -4.62. The van der Waals surface area contributed by atoms with Crippen LogP contribution in [0.15, 0.2) is 6.07 Å². The second-order valence-electron chi connectivity index (χ2n) is 4.96. The van der Waals surface area contributed by atoms with Crippen LogP contribution in [0.5, 0.6) is 0 Å². The fourth-order valence-corrected chi connectivity index (χ4v) is 1.96. The molecule has 0 aliphatic carbocycles. The van der Waals surface area contributed by atoms with E-state index in [0.717, 1.165) is 0 Å². The van der Waals surface area contributed by atoms with Gasteiger partial charge in [0.15, 0.2) is 0 Å². The van der Waals surface area contributed by atoms with Crippen molar-refractivity contribution in [3.63, 3.8) is 0 Å². The average molecular weight is 276 g/mol. The van der Waals surface area contributed by atoms with Crippen molar-refractivity contribution in [1.82, 2.24) is 9.97 Å². The number of alkyl halides is 3. The van der Waals surface area contributed by atoms with E-state index in [9.17, 15) is 18.3 Å². The number of piperidine rings is 1. The van der Waals surface area contributed by atoms with Crippen LogP contribution >= 0.6 is 0 Å². The van der Waals surface area contributed by atoms with Gasteiger partial charge in [-0.3, -0.25) is 0 Å². The van der Waals surface area contributed by atoms with Gasteiger partial charge in [-0.15, -0.1) is 0 Å². The predicted octanol–water partition coefficient (Wildman–Crippen LogP) is 1.43. The van der Waals surface area contributed by atoms with Crippen molar-refractivity contribution in [2.24, 2.45) is 0 Å². The minimum absolute atomic E-state index is 0.148. The summed E-state index contributed by atoms with van der Waals surface area (Å²) in [6.45, 7) is 2.57. The lowest BCUT2D eigenvalue weighted by molar-refractivity contribution is -0.144. The van der Waals surface area contributed by atoms with Crippen LogP contribution in [0, 0.1) is 0 Å². The van der Waals surface area contributed by atoms with E-state index in [1.807, 2.05) is 0 Å². The molecule has 0 aromatic carbocycles. The number of anilines is 2. The van der Waals surface area contributed by atoms with Crippen molar-refractivity contribution in [1.29, 1.82) is 0 Å². The second-order valence-corrected chi connectivity index (χ2v) is 4.96. The van der Waals surface area contributed by atoms with E-state index in [0.29, 0.717) is 25.9 Å². The number of aliphatic hydroxyl groups is 1. The first kappa shape index (κ1) is 13.9. The quantitative estimate of drug-likeness (QED) is 0.811. The number of hydrogen-bond acceptors (Lipinski definition) is 5. The molecule has 8 heteroatoms. The Hall–Kier alpha value is -1.57. The van der Waals surface area contributed by atoms with E-state index >= 15 is 0 Å². The van der Waals surface area contributed by atoms with Crippen molar-refractivity contribution in [3.8, 4) is 0 Å². The summed E-state index contributed by atoms with van der Waals surface area (Å²) in [6, 6.07) is 1.31. The first-order chi connectivity index (χ1) is 8.67. The zero-order valence-corrected chi connectivity index (χ0v) is 10.4. The van der Waals surface area contributed by atoms with E-state index in [1.165, 1.54) is 6.07 Å². The van der Waals surface area contributed by atoms with Gasteiger partial charge in [-0.1, -0.05) is 0 Å². The Bertz CT molecular complexity index is 465. The molecule has 1 aromatic heterocycles. The maximum absolute atomic E-state index is 12.6. The maximum atomic E-state index is 12.6. The first-order valence-electron chi connectivity index (χ1n) is 5.86. The number of hydrogen-bond donors (Lipinski definition) is 2. The third-order valence-electron chi connectivity index (χ3n) is 3.15. The van der Waals surface area contributed by atoms with Crippen molar-refractivity contribution >= 4 is 11.6 Å². The molecule has 1 aliphatic heterocycles. The molecule has 3 N–H and O–H groups in total. The molecule has 1 saturated heterocycles. The van der Waals surface area contributed by atoms with E-state index in [2.05, 4.69) is 9.97 Å². The Labute approximate surface area is 108 Å². The highest BCUT2D eigenvalue weighted by Crippen LogP contribution is 2.30. The molecular weight excluding hydrogens is 261 g/mol. The van der Waals surface area contributed by atoms with E-state index in [4.69, 9.17) is 5.73 Å². The third kappa shape index (κ3) is 3.25. The van der Waals surface area contributed by atoms with Gasteiger partial charge in [0.25, 0.3) is 0 Å². The van der Waals surface area contributed by atoms with Gasteiger partial charge < -0.3 is 15.7 Å². The van der Waals surface area contributed by atoms with Crippen molar-refractivity contribution < 1.29 is 18.3 Å². The number of nitrogen functional groups attached to an aromatic ring is 1. The SMILES string of the molecule is CC1(O)CCN(c2cc(N)nc(C(F)(F)F)n2)CC1. The lowest BCUT2D eigenvalue weighted by Crippen LogP contribution is -2.43. The summed E-state index contributed by atoms with van der Waals surface area (Å²) in [4.78, 5) is 8.37. The maximum Gasteiger partial charge on any atom is 0.451 e. The molecule has 0 bridgehead atoms.